The standard InChI is InChI=1S/C23H23NO3/c1-2-5-17-8-10-19(11-9-17)22(25)16-27-23(26)15-14-20-13-12-18-6-3-4-7-21(18)24-20/h3-4,6-13H,2,5,14-16H2,1H3. The Morgan fingerprint density at radius 2 is 1.70 bits per heavy atom. The minimum Gasteiger partial charge on any atom is -0.457 e. The van der Waals surface area contributed by atoms with E-state index >= 15 is 0 Å². The number of hydrogen-bond acceptors (Lipinski definition) is 4. The predicted octanol–water partition coefficient (Wildman–Crippen LogP) is 4.55. The van der Waals surface area contributed by atoms with Crippen LogP contribution in [-0.4, -0.2) is 23.3 Å². The molecule has 0 amide bonds. The van der Waals surface area contributed by atoms with Gasteiger partial charge in [0.1, 0.15) is 0 Å². The maximum Gasteiger partial charge on any atom is 0.306 e. The number of aromatic nitrogens is 1. The van der Waals surface area contributed by atoms with Gasteiger partial charge in [-0.3, -0.25) is 14.6 Å². The molecule has 0 spiro atoms. The van der Waals surface area contributed by atoms with Crippen LogP contribution in [0.15, 0.2) is 60.7 Å². The van der Waals surface area contributed by atoms with Crippen molar-refractivity contribution < 1.29 is 14.3 Å². The Balaban J connectivity index is 1.47. The summed E-state index contributed by atoms with van der Waals surface area (Å²) >= 11 is 0. The van der Waals surface area contributed by atoms with Crippen LogP contribution in [0.3, 0.4) is 0 Å². The number of carbonyl (C=O) groups excluding carboxylic acids is 2. The van der Waals surface area contributed by atoms with E-state index in [4.69, 9.17) is 4.74 Å². The van der Waals surface area contributed by atoms with Gasteiger partial charge in [0, 0.05) is 23.1 Å². The van der Waals surface area contributed by atoms with E-state index in [0.29, 0.717) is 12.0 Å². The number of para-hydroxylation sites is 1. The topological polar surface area (TPSA) is 56.3 Å². The molecule has 0 unspecified atom stereocenters. The maximum atomic E-state index is 12.1. The van der Waals surface area contributed by atoms with Crippen molar-refractivity contribution in [1.29, 1.82) is 0 Å². The van der Waals surface area contributed by atoms with Crippen LogP contribution in [0.1, 0.15) is 41.4 Å². The molecule has 1 heterocycles. The quantitative estimate of drug-likeness (QED) is 0.436. The fraction of sp³-hybridized carbons (Fsp3) is 0.261. The summed E-state index contributed by atoms with van der Waals surface area (Å²) in [5.74, 6) is -0.573. The van der Waals surface area contributed by atoms with Crippen LogP contribution < -0.4 is 0 Å². The van der Waals surface area contributed by atoms with E-state index in [1.165, 1.54) is 5.56 Å². The first-order valence-electron chi connectivity index (χ1n) is 9.28. The Kier molecular flexibility index (Phi) is 6.31. The summed E-state index contributed by atoms with van der Waals surface area (Å²) in [6, 6.07) is 19.2. The molecule has 0 bridgehead atoms. The van der Waals surface area contributed by atoms with E-state index in [1.54, 1.807) is 12.1 Å². The Bertz CT molecular complexity index is 932. The first-order chi connectivity index (χ1) is 13.2. The van der Waals surface area contributed by atoms with Gasteiger partial charge in [0.2, 0.25) is 0 Å². The SMILES string of the molecule is CCCc1ccc(C(=O)COC(=O)CCc2ccc3ccccc3n2)cc1. The number of fused-ring (bicyclic) bond motifs is 1. The summed E-state index contributed by atoms with van der Waals surface area (Å²) in [4.78, 5) is 28.6. The molecule has 3 rings (SSSR count). The molecular formula is C23H23NO3. The molecule has 0 N–H and O–H groups in total. The number of esters is 1. The number of pyridine rings is 1. The summed E-state index contributed by atoms with van der Waals surface area (Å²) in [7, 11) is 0. The molecule has 0 aliphatic rings. The third-order valence-electron chi connectivity index (χ3n) is 4.42. The van der Waals surface area contributed by atoms with E-state index in [9.17, 15) is 9.59 Å². The van der Waals surface area contributed by atoms with E-state index in [2.05, 4.69) is 11.9 Å². The minimum absolute atomic E-state index is 0.185. The molecule has 4 nitrogen and oxygen atoms in total. The van der Waals surface area contributed by atoms with Crippen LogP contribution in [-0.2, 0) is 22.4 Å². The Morgan fingerprint density at radius 3 is 2.48 bits per heavy atom. The molecule has 0 aliphatic carbocycles. The van der Waals surface area contributed by atoms with E-state index < -0.39 is 0 Å². The molecule has 2 aromatic carbocycles. The van der Waals surface area contributed by atoms with Crippen molar-refractivity contribution in [2.24, 2.45) is 0 Å². The van der Waals surface area contributed by atoms with Crippen molar-refractivity contribution in [1.82, 2.24) is 4.98 Å². The average Bonchev–Trinajstić information content (AvgIpc) is 2.71. The molecule has 138 valence electrons. The monoisotopic (exact) mass is 361 g/mol. The van der Waals surface area contributed by atoms with Gasteiger partial charge in [-0.25, -0.2) is 0 Å². The zero-order chi connectivity index (χ0) is 19.1. The largest absolute Gasteiger partial charge is 0.457 e. The highest BCUT2D eigenvalue weighted by molar-refractivity contribution is 5.97. The zero-order valence-electron chi connectivity index (χ0n) is 15.5. The summed E-state index contributed by atoms with van der Waals surface area (Å²) in [6.45, 7) is 1.89. The number of rotatable bonds is 8. The van der Waals surface area contributed by atoms with Crippen molar-refractivity contribution in [3.8, 4) is 0 Å². The number of ketones is 1. The predicted molar refractivity (Wildman–Crippen MR) is 106 cm³/mol. The Hall–Kier alpha value is -3.01. The summed E-state index contributed by atoms with van der Waals surface area (Å²) in [5, 5.41) is 1.07. The molecule has 1 aromatic heterocycles. The number of Topliss-reactive ketones (excluding diaryl/α,β-unsaturated/α-hetero) is 1. The summed E-state index contributed by atoms with van der Waals surface area (Å²) in [6.07, 6.45) is 2.75. The average molecular weight is 361 g/mol. The fourth-order valence-electron chi connectivity index (χ4n) is 2.93. The van der Waals surface area contributed by atoms with Crippen LogP contribution in [0.5, 0.6) is 0 Å². The molecule has 0 atom stereocenters. The second-order valence-electron chi connectivity index (χ2n) is 6.53. The van der Waals surface area contributed by atoms with Crippen LogP contribution in [0.2, 0.25) is 0 Å². The number of carbonyl (C=O) groups is 2. The van der Waals surface area contributed by atoms with Crippen molar-refractivity contribution in [2.75, 3.05) is 6.61 Å². The molecular weight excluding hydrogens is 338 g/mol. The number of aryl methyl sites for hydroxylation is 2. The highest BCUT2D eigenvalue weighted by atomic mass is 16.5. The number of nitrogens with zero attached hydrogens (tertiary/aromatic N) is 1. The third kappa shape index (κ3) is 5.23. The molecule has 0 aliphatic heterocycles. The first kappa shape index (κ1) is 18.8. The lowest BCUT2D eigenvalue weighted by Crippen LogP contribution is -2.14. The number of hydrogen-bond donors (Lipinski definition) is 0. The number of benzene rings is 2. The van der Waals surface area contributed by atoms with Gasteiger partial charge in [0.25, 0.3) is 0 Å². The van der Waals surface area contributed by atoms with Gasteiger partial charge < -0.3 is 4.74 Å². The van der Waals surface area contributed by atoms with E-state index in [-0.39, 0.29) is 24.8 Å². The van der Waals surface area contributed by atoms with Crippen LogP contribution >= 0.6 is 0 Å². The lowest BCUT2D eigenvalue weighted by molar-refractivity contribution is -0.142. The molecule has 0 radical (unpaired) electrons. The first-order valence-corrected chi connectivity index (χ1v) is 9.28. The highest BCUT2D eigenvalue weighted by Crippen LogP contribution is 2.13. The van der Waals surface area contributed by atoms with Crippen molar-refractivity contribution >= 4 is 22.7 Å². The van der Waals surface area contributed by atoms with Gasteiger partial charge in [-0.05, 0) is 24.1 Å². The second-order valence-corrected chi connectivity index (χ2v) is 6.53. The number of ether oxygens (including phenoxy) is 1. The summed E-state index contributed by atoms with van der Waals surface area (Å²) in [5.41, 5.74) is 3.52. The molecule has 4 heteroatoms. The normalized spacial score (nSPS) is 10.7. The van der Waals surface area contributed by atoms with Crippen molar-refractivity contribution in [2.45, 2.75) is 32.6 Å². The maximum absolute atomic E-state index is 12.1. The van der Waals surface area contributed by atoms with Gasteiger partial charge >= 0.3 is 5.97 Å². The highest BCUT2D eigenvalue weighted by Gasteiger charge is 2.11. The van der Waals surface area contributed by atoms with Gasteiger partial charge in [0.15, 0.2) is 12.4 Å². The lowest BCUT2D eigenvalue weighted by Gasteiger charge is -2.06. The molecule has 27 heavy (non-hydrogen) atoms. The summed E-state index contributed by atoms with van der Waals surface area (Å²) < 4.78 is 5.13. The third-order valence-corrected chi connectivity index (χ3v) is 4.42. The Morgan fingerprint density at radius 1 is 0.926 bits per heavy atom. The van der Waals surface area contributed by atoms with Gasteiger partial charge in [-0.1, -0.05) is 61.9 Å². The molecule has 3 aromatic rings. The molecule has 0 fully saturated rings. The Labute approximate surface area is 159 Å². The van der Waals surface area contributed by atoms with E-state index in [1.807, 2.05) is 48.5 Å². The van der Waals surface area contributed by atoms with Crippen LogP contribution in [0, 0.1) is 0 Å². The van der Waals surface area contributed by atoms with Crippen LogP contribution in [0.25, 0.3) is 10.9 Å². The second kappa shape index (κ2) is 9.08. The molecule has 0 saturated heterocycles. The minimum atomic E-state index is -0.388. The van der Waals surface area contributed by atoms with Gasteiger partial charge in [0.05, 0.1) is 11.9 Å². The van der Waals surface area contributed by atoms with Crippen LogP contribution in [0.4, 0.5) is 0 Å². The van der Waals surface area contributed by atoms with E-state index in [0.717, 1.165) is 29.4 Å². The lowest BCUT2D eigenvalue weighted by atomic mass is 10.1. The van der Waals surface area contributed by atoms with Gasteiger partial charge in [-0.15, -0.1) is 0 Å². The van der Waals surface area contributed by atoms with Crippen molar-refractivity contribution in [3.63, 3.8) is 0 Å². The zero-order valence-corrected chi connectivity index (χ0v) is 15.5. The fourth-order valence-corrected chi connectivity index (χ4v) is 2.93. The smallest absolute Gasteiger partial charge is 0.306 e. The molecule has 0 saturated carbocycles. The van der Waals surface area contributed by atoms with Gasteiger partial charge in [-0.2, -0.15) is 0 Å². The van der Waals surface area contributed by atoms with Crippen molar-refractivity contribution in [3.05, 3.63) is 77.5 Å².